The third-order valence-corrected chi connectivity index (χ3v) is 3.73. The molecule has 110 valence electrons. The van der Waals surface area contributed by atoms with Gasteiger partial charge in [0.1, 0.15) is 0 Å². The molecule has 2 heterocycles. The number of H-pyrrole nitrogens is 1. The van der Waals surface area contributed by atoms with Gasteiger partial charge in [-0.3, -0.25) is 4.57 Å². The lowest BCUT2D eigenvalue weighted by Gasteiger charge is -2.24. The summed E-state index contributed by atoms with van der Waals surface area (Å²) in [4.78, 5) is 14.8. The van der Waals surface area contributed by atoms with Gasteiger partial charge in [-0.25, -0.2) is 4.79 Å². The van der Waals surface area contributed by atoms with E-state index in [9.17, 15) is 9.90 Å². The van der Waals surface area contributed by atoms with Crippen LogP contribution in [0.15, 0.2) is 23.0 Å². The summed E-state index contributed by atoms with van der Waals surface area (Å²) in [5.74, 6) is 0. The Labute approximate surface area is 123 Å². The number of nitrogens with zero attached hydrogens (tertiary/aromatic N) is 1. The minimum absolute atomic E-state index is 0. The van der Waals surface area contributed by atoms with E-state index in [2.05, 4.69) is 24.1 Å². The molecule has 0 saturated carbocycles. The summed E-state index contributed by atoms with van der Waals surface area (Å²) in [6.45, 7) is 4.74. The SMILES string of the molecule is Cl.[13CH3][13CH]([13CH3])N[C@@H]1CCn2c(=O)[nH]c3cccc(c32)[C@H]1O. The first kappa shape index (κ1) is 15.1. The van der Waals surface area contributed by atoms with Crippen LogP contribution in [0.4, 0.5) is 0 Å². The average molecular weight is 301 g/mol. The number of aryl methyl sites for hydroxylation is 1. The number of rotatable bonds is 2. The van der Waals surface area contributed by atoms with E-state index in [1.807, 2.05) is 18.2 Å². The Morgan fingerprint density at radius 1 is 1.45 bits per heavy atom. The zero-order valence-corrected chi connectivity index (χ0v) is 12.4. The summed E-state index contributed by atoms with van der Waals surface area (Å²) in [5.41, 5.74) is 2.37. The molecule has 0 saturated heterocycles. The van der Waals surface area contributed by atoms with E-state index in [-0.39, 0.29) is 24.1 Å². The first-order valence-electron chi connectivity index (χ1n) is 6.73. The molecule has 1 aliphatic rings. The molecule has 0 spiro atoms. The fourth-order valence-corrected chi connectivity index (χ4v) is 2.95. The highest BCUT2D eigenvalue weighted by molar-refractivity contribution is 5.85. The minimum Gasteiger partial charge on any atom is -0.387 e. The van der Waals surface area contributed by atoms with Gasteiger partial charge in [0, 0.05) is 24.2 Å². The van der Waals surface area contributed by atoms with Gasteiger partial charge in [0.25, 0.3) is 0 Å². The lowest BCUT2D eigenvalue weighted by molar-refractivity contribution is 0.121. The van der Waals surface area contributed by atoms with Crippen molar-refractivity contribution in [3.8, 4) is 0 Å². The van der Waals surface area contributed by atoms with E-state index >= 15 is 0 Å². The van der Waals surface area contributed by atoms with Crippen LogP contribution in [0.2, 0.25) is 0 Å². The Morgan fingerprint density at radius 2 is 2.20 bits per heavy atom. The van der Waals surface area contributed by atoms with Crippen molar-refractivity contribution in [2.45, 2.75) is 45.0 Å². The van der Waals surface area contributed by atoms with E-state index in [4.69, 9.17) is 0 Å². The van der Waals surface area contributed by atoms with Crippen molar-refractivity contribution in [1.82, 2.24) is 14.9 Å². The molecule has 3 N–H and O–H groups in total. The molecule has 0 radical (unpaired) electrons. The van der Waals surface area contributed by atoms with Crippen LogP contribution in [0.1, 0.15) is 31.9 Å². The van der Waals surface area contributed by atoms with E-state index in [0.29, 0.717) is 12.6 Å². The quantitative estimate of drug-likeness (QED) is 0.737. The van der Waals surface area contributed by atoms with Crippen LogP contribution in [-0.4, -0.2) is 26.7 Å². The van der Waals surface area contributed by atoms with Crippen LogP contribution in [0, 0.1) is 0 Å². The van der Waals surface area contributed by atoms with Crippen molar-refractivity contribution in [2.24, 2.45) is 0 Å². The Hall–Kier alpha value is -1.30. The van der Waals surface area contributed by atoms with E-state index in [1.165, 1.54) is 0 Å². The maximum atomic E-state index is 11.9. The van der Waals surface area contributed by atoms with Crippen molar-refractivity contribution in [3.05, 3.63) is 34.2 Å². The zero-order valence-electron chi connectivity index (χ0n) is 11.6. The summed E-state index contributed by atoms with van der Waals surface area (Å²) < 4.78 is 1.73. The van der Waals surface area contributed by atoms with Crippen molar-refractivity contribution >= 4 is 23.4 Å². The molecule has 0 amide bonds. The second-order valence-corrected chi connectivity index (χ2v) is 5.49. The number of imidazole rings is 1. The fraction of sp³-hybridized carbons (Fsp3) is 0.500. The molecule has 0 fully saturated rings. The van der Waals surface area contributed by atoms with Gasteiger partial charge in [-0.1, -0.05) is 26.0 Å². The molecule has 6 heteroatoms. The van der Waals surface area contributed by atoms with Crippen LogP contribution in [0.25, 0.3) is 11.0 Å². The van der Waals surface area contributed by atoms with Gasteiger partial charge in [0.05, 0.1) is 17.1 Å². The van der Waals surface area contributed by atoms with Crippen molar-refractivity contribution in [3.63, 3.8) is 0 Å². The minimum atomic E-state index is -0.588. The highest BCUT2D eigenvalue weighted by Gasteiger charge is 2.28. The molecular formula is C14H20ClN3O2. The lowest BCUT2D eigenvalue weighted by Crippen LogP contribution is -2.39. The molecule has 0 bridgehead atoms. The first-order chi connectivity index (χ1) is 9.08. The molecular weight excluding hydrogens is 281 g/mol. The number of hydrogen-bond donors (Lipinski definition) is 3. The lowest BCUT2D eigenvalue weighted by atomic mass is 10.0. The molecule has 1 aliphatic heterocycles. The molecule has 2 aromatic rings. The summed E-state index contributed by atoms with van der Waals surface area (Å²) in [6, 6.07) is 5.93. The van der Waals surface area contributed by atoms with E-state index in [1.54, 1.807) is 4.57 Å². The summed E-state index contributed by atoms with van der Waals surface area (Å²) in [7, 11) is 0. The van der Waals surface area contributed by atoms with Crippen molar-refractivity contribution < 1.29 is 5.11 Å². The standard InChI is InChI=1S/C14H19N3O2.ClH/c1-8(2)15-11-6-7-17-12-9(13(11)18)4-3-5-10(12)16-14(17)19;/h3-5,8,11,13,15,18H,6-7H2,1-2H3,(H,16,19);1H/t11-,13-;/m1./s1/i1+1,2+1,8+1;. The normalized spacial score (nSPS) is 21.8. The van der Waals surface area contributed by atoms with Crippen molar-refractivity contribution in [2.75, 3.05) is 0 Å². The number of benzene rings is 1. The second kappa shape index (κ2) is 5.60. The van der Waals surface area contributed by atoms with Gasteiger partial charge in [-0.05, 0) is 12.5 Å². The van der Waals surface area contributed by atoms with Gasteiger partial charge in [-0.15, -0.1) is 12.4 Å². The monoisotopic (exact) mass is 300 g/mol. The molecule has 1 aromatic heterocycles. The topological polar surface area (TPSA) is 70.0 Å². The van der Waals surface area contributed by atoms with E-state index in [0.717, 1.165) is 23.0 Å². The number of nitrogens with one attached hydrogen (secondary N) is 2. The Bertz CT molecular complexity index is 662. The maximum absolute atomic E-state index is 11.9. The van der Waals surface area contributed by atoms with Crippen LogP contribution in [0.3, 0.4) is 0 Å². The molecule has 2 atom stereocenters. The first-order valence-corrected chi connectivity index (χ1v) is 6.73. The smallest absolute Gasteiger partial charge is 0.326 e. The third kappa shape index (κ3) is 2.37. The van der Waals surface area contributed by atoms with E-state index < -0.39 is 6.10 Å². The van der Waals surface area contributed by atoms with Gasteiger partial charge < -0.3 is 15.4 Å². The summed E-state index contributed by atoms with van der Waals surface area (Å²) in [5, 5.41) is 14.0. The van der Waals surface area contributed by atoms with Gasteiger partial charge >= 0.3 is 5.69 Å². The van der Waals surface area contributed by atoms with Crippen molar-refractivity contribution in [1.29, 1.82) is 0 Å². The number of para-hydroxylation sites is 1. The fourth-order valence-electron chi connectivity index (χ4n) is 2.95. The molecule has 5 nitrogen and oxygen atoms in total. The molecule has 0 unspecified atom stereocenters. The summed E-state index contributed by atoms with van der Waals surface area (Å²) >= 11 is 0. The zero-order chi connectivity index (χ0) is 13.6. The van der Waals surface area contributed by atoms with Gasteiger partial charge in [-0.2, -0.15) is 0 Å². The number of aliphatic hydroxyl groups excluding tert-OH is 1. The number of aliphatic hydroxyl groups is 1. The third-order valence-electron chi connectivity index (χ3n) is 3.73. The highest BCUT2D eigenvalue weighted by Crippen LogP contribution is 2.29. The Kier molecular flexibility index (Phi) is 4.22. The average Bonchev–Trinajstić information content (AvgIpc) is 2.61. The number of aromatic amines is 1. The molecule has 0 aliphatic carbocycles. The van der Waals surface area contributed by atoms with Crippen LogP contribution < -0.4 is 11.0 Å². The Morgan fingerprint density at radius 3 is 2.90 bits per heavy atom. The largest absolute Gasteiger partial charge is 0.387 e. The highest BCUT2D eigenvalue weighted by atomic mass is 35.5. The number of hydrogen-bond acceptors (Lipinski definition) is 3. The maximum Gasteiger partial charge on any atom is 0.326 e. The Balaban J connectivity index is 0.00000147. The number of aromatic nitrogens is 2. The van der Waals surface area contributed by atoms with Crippen LogP contribution in [0.5, 0.6) is 0 Å². The predicted octanol–water partition coefficient (Wildman–Crippen LogP) is 1.56. The molecule has 20 heavy (non-hydrogen) atoms. The van der Waals surface area contributed by atoms with Gasteiger partial charge in [0.15, 0.2) is 0 Å². The van der Waals surface area contributed by atoms with Crippen LogP contribution >= 0.6 is 12.4 Å². The predicted molar refractivity (Wildman–Crippen MR) is 81.4 cm³/mol. The van der Waals surface area contributed by atoms with Gasteiger partial charge in [0.2, 0.25) is 0 Å². The second-order valence-electron chi connectivity index (χ2n) is 5.49. The summed E-state index contributed by atoms with van der Waals surface area (Å²) in [6.07, 6.45) is 0.149. The number of halogens is 1. The molecule has 3 rings (SSSR count). The molecule has 1 aromatic carbocycles. The van der Waals surface area contributed by atoms with Crippen LogP contribution in [-0.2, 0) is 6.54 Å².